The summed E-state index contributed by atoms with van der Waals surface area (Å²) < 4.78 is 12.4. The van der Waals surface area contributed by atoms with Gasteiger partial charge in [0.2, 0.25) is 0 Å². The number of hydrogen-bond donors (Lipinski definition) is 1. The van der Waals surface area contributed by atoms with Crippen LogP contribution in [-0.4, -0.2) is 17.3 Å². The quantitative estimate of drug-likeness (QED) is 0.549. The van der Waals surface area contributed by atoms with E-state index in [1.807, 2.05) is 50.2 Å². The fourth-order valence-corrected chi connectivity index (χ4v) is 5.17. The number of furan rings is 1. The Labute approximate surface area is 188 Å². The predicted octanol–water partition coefficient (Wildman–Crippen LogP) is 6.04. The molecule has 2 aromatic carbocycles. The van der Waals surface area contributed by atoms with Gasteiger partial charge in [-0.2, -0.15) is 0 Å². The van der Waals surface area contributed by atoms with Crippen molar-refractivity contribution < 1.29 is 18.7 Å². The van der Waals surface area contributed by atoms with Crippen molar-refractivity contribution in [2.75, 3.05) is 0 Å². The second-order valence-electron chi connectivity index (χ2n) is 9.34. The average molecular weight is 432 g/mol. The average Bonchev–Trinajstić information content (AvgIpc) is 2.96. The van der Waals surface area contributed by atoms with E-state index in [1.165, 1.54) is 18.4 Å². The summed E-state index contributed by atoms with van der Waals surface area (Å²) in [6, 6.07) is 11.7. The maximum absolute atomic E-state index is 13.3. The summed E-state index contributed by atoms with van der Waals surface area (Å²) in [7, 11) is 0. The molecule has 0 saturated heterocycles. The third-order valence-corrected chi connectivity index (χ3v) is 6.94. The van der Waals surface area contributed by atoms with Gasteiger partial charge in [-0.15, -0.1) is 0 Å². The minimum atomic E-state index is -0.375. The first-order chi connectivity index (χ1) is 15.5. The van der Waals surface area contributed by atoms with E-state index >= 15 is 0 Å². The highest BCUT2D eigenvalue weighted by molar-refractivity contribution is 6.13. The summed E-state index contributed by atoms with van der Waals surface area (Å²) in [6.07, 6.45) is 6.85. The van der Waals surface area contributed by atoms with Gasteiger partial charge in [-0.3, -0.25) is 9.59 Å². The number of ketones is 1. The predicted molar refractivity (Wildman–Crippen MR) is 123 cm³/mol. The van der Waals surface area contributed by atoms with E-state index in [2.05, 4.69) is 5.32 Å². The first-order valence-electron chi connectivity index (χ1n) is 11.6. The zero-order valence-electron chi connectivity index (χ0n) is 18.8. The first kappa shape index (κ1) is 20.8. The molecule has 0 bridgehead atoms. The first-order valence-corrected chi connectivity index (χ1v) is 11.6. The molecule has 166 valence electrons. The minimum Gasteiger partial charge on any atom is -0.486 e. The Bertz CT molecular complexity index is 1180. The third kappa shape index (κ3) is 3.70. The van der Waals surface area contributed by atoms with Crippen molar-refractivity contribution in [3.8, 4) is 5.75 Å². The molecular formula is C27H29NO4. The number of fused-ring (bicyclic) bond motifs is 3. The molecular weight excluding hydrogens is 402 g/mol. The molecule has 2 heterocycles. The molecule has 0 unspecified atom stereocenters. The molecule has 3 aromatic rings. The highest BCUT2D eigenvalue weighted by Crippen LogP contribution is 2.44. The third-order valence-electron chi connectivity index (χ3n) is 6.94. The Morgan fingerprint density at radius 2 is 1.72 bits per heavy atom. The van der Waals surface area contributed by atoms with Gasteiger partial charge in [0.05, 0.1) is 12.0 Å². The van der Waals surface area contributed by atoms with E-state index in [0.717, 1.165) is 31.2 Å². The number of aryl methyl sites for hydroxylation is 2. The number of carbonyl (C=O) groups is 2. The van der Waals surface area contributed by atoms with Gasteiger partial charge in [0.1, 0.15) is 16.9 Å². The van der Waals surface area contributed by atoms with Gasteiger partial charge in [-0.1, -0.05) is 42.7 Å². The Kier molecular flexibility index (Phi) is 5.28. The molecule has 1 aromatic heterocycles. The lowest BCUT2D eigenvalue weighted by Crippen LogP contribution is -2.41. The maximum atomic E-state index is 13.3. The fraction of sp³-hybridized carbons (Fsp3) is 0.407. The standard InChI is InChI=1S/C27H29NO4/c1-17-7-9-19(10-8-17)16-28-26(30)25-18(2)23-21(31-25)11-12-22-24(23)20(29)15-27(32-22)13-5-3-4-6-14-27/h7-12H,3-6,13-16H2,1-2H3,(H,28,30). The molecule has 1 fully saturated rings. The second kappa shape index (κ2) is 8.12. The number of Topliss-reactive ketones (excluding diaryl/α,β-unsaturated/α-hetero) is 1. The van der Waals surface area contributed by atoms with Crippen LogP contribution < -0.4 is 10.1 Å². The molecule has 1 amide bonds. The van der Waals surface area contributed by atoms with Crippen LogP contribution in [-0.2, 0) is 6.54 Å². The van der Waals surface area contributed by atoms with Crippen molar-refractivity contribution in [1.29, 1.82) is 0 Å². The number of amides is 1. The molecule has 5 heteroatoms. The number of benzene rings is 2. The van der Waals surface area contributed by atoms with Crippen LogP contribution in [0.4, 0.5) is 0 Å². The van der Waals surface area contributed by atoms with Crippen molar-refractivity contribution in [3.05, 3.63) is 64.4 Å². The van der Waals surface area contributed by atoms with Crippen molar-refractivity contribution in [1.82, 2.24) is 5.32 Å². The Morgan fingerprint density at radius 1 is 1.00 bits per heavy atom. The number of ether oxygens (including phenoxy) is 1. The summed E-state index contributed by atoms with van der Waals surface area (Å²) in [5, 5.41) is 3.64. The normalized spacial score (nSPS) is 17.6. The molecule has 0 atom stereocenters. The highest BCUT2D eigenvalue weighted by atomic mass is 16.5. The fourth-order valence-electron chi connectivity index (χ4n) is 5.17. The van der Waals surface area contributed by atoms with Crippen molar-refractivity contribution in [3.63, 3.8) is 0 Å². The molecule has 1 saturated carbocycles. The molecule has 1 N–H and O–H groups in total. The summed E-state index contributed by atoms with van der Waals surface area (Å²) in [5.41, 5.74) is 3.63. The molecule has 5 nitrogen and oxygen atoms in total. The zero-order chi connectivity index (χ0) is 22.3. The molecule has 1 aliphatic carbocycles. The van der Waals surface area contributed by atoms with Gasteiger partial charge in [-0.05, 0) is 57.2 Å². The van der Waals surface area contributed by atoms with E-state index in [-0.39, 0.29) is 23.1 Å². The Hall–Kier alpha value is -3.08. The largest absolute Gasteiger partial charge is 0.486 e. The van der Waals surface area contributed by atoms with Crippen LogP contribution in [0.1, 0.15) is 82.5 Å². The summed E-state index contributed by atoms with van der Waals surface area (Å²) in [5.74, 6) is 0.695. The van der Waals surface area contributed by atoms with Crippen LogP contribution in [0.25, 0.3) is 11.0 Å². The van der Waals surface area contributed by atoms with Crippen LogP contribution >= 0.6 is 0 Å². The van der Waals surface area contributed by atoms with E-state index < -0.39 is 0 Å². The Balaban J connectivity index is 1.44. The lowest BCUT2D eigenvalue weighted by Gasteiger charge is -2.37. The van der Waals surface area contributed by atoms with Crippen molar-refractivity contribution >= 4 is 22.7 Å². The Morgan fingerprint density at radius 3 is 2.44 bits per heavy atom. The van der Waals surface area contributed by atoms with Gasteiger partial charge >= 0.3 is 0 Å². The van der Waals surface area contributed by atoms with E-state index in [0.29, 0.717) is 40.8 Å². The topological polar surface area (TPSA) is 68.5 Å². The monoisotopic (exact) mass is 431 g/mol. The number of carbonyl (C=O) groups excluding carboxylic acids is 2. The molecule has 1 spiro atoms. The van der Waals surface area contributed by atoms with Crippen LogP contribution in [0.2, 0.25) is 0 Å². The number of hydrogen-bond acceptors (Lipinski definition) is 4. The number of nitrogens with one attached hydrogen (secondary N) is 1. The zero-order valence-corrected chi connectivity index (χ0v) is 18.8. The van der Waals surface area contributed by atoms with Crippen LogP contribution in [0.5, 0.6) is 5.75 Å². The molecule has 0 radical (unpaired) electrons. The van der Waals surface area contributed by atoms with E-state index in [9.17, 15) is 9.59 Å². The van der Waals surface area contributed by atoms with E-state index in [4.69, 9.17) is 9.15 Å². The summed E-state index contributed by atoms with van der Waals surface area (Å²) >= 11 is 0. The summed E-state index contributed by atoms with van der Waals surface area (Å²) in [4.78, 5) is 26.2. The lowest BCUT2D eigenvalue weighted by molar-refractivity contribution is 0.0301. The second-order valence-corrected chi connectivity index (χ2v) is 9.34. The van der Waals surface area contributed by atoms with Gasteiger partial charge in [0.15, 0.2) is 11.5 Å². The lowest BCUT2D eigenvalue weighted by atomic mass is 9.83. The van der Waals surface area contributed by atoms with Gasteiger partial charge in [-0.25, -0.2) is 0 Å². The molecule has 5 rings (SSSR count). The smallest absolute Gasteiger partial charge is 0.287 e. The number of rotatable bonds is 3. The van der Waals surface area contributed by atoms with Gasteiger partial charge in [0.25, 0.3) is 5.91 Å². The van der Waals surface area contributed by atoms with Crippen LogP contribution in [0.15, 0.2) is 40.8 Å². The summed E-state index contributed by atoms with van der Waals surface area (Å²) in [6.45, 7) is 4.29. The maximum Gasteiger partial charge on any atom is 0.287 e. The van der Waals surface area contributed by atoms with Gasteiger partial charge < -0.3 is 14.5 Å². The van der Waals surface area contributed by atoms with Crippen molar-refractivity contribution in [2.24, 2.45) is 0 Å². The molecule has 32 heavy (non-hydrogen) atoms. The van der Waals surface area contributed by atoms with Gasteiger partial charge in [0, 0.05) is 17.5 Å². The van der Waals surface area contributed by atoms with E-state index in [1.54, 1.807) is 0 Å². The van der Waals surface area contributed by atoms with Crippen molar-refractivity contribution in [2.45, 2.75) is 70.9 Å². The molecule has 1 aliphatic heterocycles. The molecule has 2 aliphatic rings. The minimum absolute atomic E-state index is 0.0919. The SMILES string of the molecule is Cc1ccc(CNC(=O)c2oc3ccc4c(c3c2C)C(=O)CC2(CCCCCC2)O4)cc1. The highest BCUT2D eigenvalue weighted by Gasteiger charge is 2.42. The van der Waals surface area contributed by atoms with Crippen LogP contribution in [0.3, 0.4) is 0 Å². The van der Waals surface area contributed by atoms with Crippen LogP contribution in [0, 0.1) is 13.8 Å².